The van der Waals surface area contributed by atoms with Gasteiger partial charge in [-0.15, -0.1) is 0 Å². The molecule has 0 aromatic rings. The van der Waals surface area contributed by atoms with Gasteiger partial charge in [-0.2, -0.15) is 0 Å². The molecule has 0 spiro atoms. The van der Waals surface area contributed by atoms with E-state index >= 15 is 0 Å². The summed E-state index contributed by atoms with van der Waals surface area (Å²) in [7, 11) is 0. The van der Waals surface area contributed by atoms with Crippen LogP contribution in [0.5, 0.6) is 0 Å². The van der Waals surface area contributed by atoms with E-state index in [-0.39, 0.29) is 29.6 Å². The van der Waals surface area contributed by atoms with Crippen LogP contribution in [0.15, 0.2) is 72.9 Å². The Morgan fingerprint density at radius 2 is 1.12 bits per heavy atom. The molecule has 0 aliphatic rings. The fourth-order valence-electron chi connectivity index (χ4n) is 2.04. The van der Waals surface area contributed by atoms with Crippen molar-refractivity contribution < 1.29 is 39.5 Å². The van der Waals surface area contributed by atoms with Crippen molar-refractivity contribution in [2.45, 2.75) is 58.3 Å². The molecule has 0 aromatic heterocycles. The third-order valence-electron chi connectivity index (χ3n) is 3.34. The number of hydrogen-bond acceptors (Lipinski definition) is 2. The molecule has 0 unspecified atom stereocenters. The van der Waals surface area contributed by atoms with Gasteiger partial charge >= 0.3 is 29.6 Å². The first kappa shape index (κ1) is 26.1. The second-order valence-electron chi connectivity index (χ2n) is 5.56. The number of carbonyl (C=O) groups excluding carboxylic acids is 1. The Balaban J connectivity index is 0. The first-order valence-corrected chi connectivity index (χ1v) is 8.98. The zero-order chi connectivity index (χ0) is 17.7. The van der Waals surface area contributed by atoms with Crippen LogP contribution in [0.1, 0.15) is 58.3 Å². The van der Waals surface area contributed by atoms with E-state index in [4.69, 9.17) is 0 Å². The summed E-state index contributed by atoms with van der Waals surface area (Å²) in [6.07, 6.45) is 32.4. The van der Waals surface area contributed by atoms with Crippen LogP contribution < -0.4 is 34.7 Å². The normalized spacial score (nSPS) is 12.5. The van der Waals surface area contributed by atoms with Crippen molar-refractivity contribution in [2.24, 2.45) is 0 Å². The summed E-state index contributed by atoms with van der Waals surface area (Å²) < 4.78 is 0. The molecule has 0 bridgehead atoms. The van der Waals surface area contributed by atoms with Crippen LogP contribution in [0, 0.1) is 0 Å². The largest absolute Gasteiger partial charge is 1.00 e. The van der Waals surface area contributed by atoms with Gasteiger partial charge in [-0.05, 0) is 18.9 Å². The first-order valence-electron chi connectivity index (χ1n) is 8.98. The molecule has 0 aliphatic heterocycles. The summed E-state index contributed by atoms with van der Waals surface area (Å²) in [5, 5.41) is 10.1. The smallest absolute Gasteiger partial charge is 0.545 e. The molecule has 0 saturated carbocycles. The Labute approximate surface area is 176 Å². The number of carboxylic acid groups (broad SMARTS) is 1. The van der Waals surface area contributed by atoms with Crippen LogP contribution in [0.3, 0.4) is 0 Å². The van der Waals surface area contributed by atoms with Gasteiger partial charge in [0, 0.05) is 0 Å². The fraction of sp³-hybridized carbons (Fsp3) is 0.409. The number of allylic oxidation sites excluding steroid dienone is 11. The Bertz CT molecular complexity index is 468. The monoisotopic (exact) mass is 350 g/mol. The van der Waals surface area contributed by atoms with Crippen molar-refractivity contribution in [2.75, 3.05) is 0 Å². The Morgan fingerprint density at radius 3 is 1.64 bits per heavy atom. The molecule has 3 heteroatoms. The molecule has 25 heavy (non-hydrogen) atoms. The molecular formula is C22H31NaO2. The zero-order valence-corrected chi connectivity index (χ0v) is 17.9. The molecule has 0 rings (SSSR count). The summed E-state index contributed by atoms with van der Waals surface area (Å²) in [4.78, 5) is 10.1. The molecule has 0 saturated heterocycles. The molecule has 0 aromatic carbocycles. The minimum Gasteiger partial charge on any atom is -0.545 e. The van der Waals surface area contributed by atoms with Gasteiger partial charge in [0.1, 0.15) is 0 Å². The van der Waals surface area contributed by atoms with Crippen LogP contribution in [-0.2, 0) is 4.79 Å². The standard InChI is InChI=1S/C22H32O2.Na/c1-2-3-4-5-6-7-8-9-10-11-12-13-14-15-16-17-18-19-20-21-22(23)24;/h10-21H,2-9H2,1H3,(H,23,24);/q;+1/p-1/b11-10+,13-12+,15-14+,17-16+,19-18+,21-20+;. The van der Waals surface area contributed by atoms with Crippen LogP contribution in [0.25, 0.3) is 0 Å². The van der Waals surface area contributed by atoms with Crippen LogP contribution in [0.4, 0.5) is 0 Å². The average molecular weight is 350 g/mol. The van der Waals surface area contributed by atoms with Gasteiger partial charge < -0.3 is 9.90 Å². The molecule has 0 fully saturated rings. The summed E-state index contributed by atoms with van der Waals surface area (Å²) in [6, 6.07) is 0. The molecule has 0 atom stereocenters. The number of aliphatic carboxylic acids is 1. The maximum absolute atomic E-state index is 10.1. The topological polar surface area (TPSA) is 40.1 Å². The number of carboxylic acids is 1. The van der Waals surface area contributed by atoms with Gasteiger partial charge in [0.05, 0.1) is 5.97 Å². The van der Waals surface area contributed by atoms with E-state index in [1.165, 1.54) is 51.0 Å². The Hall–Kier alpha value is -1.09. The number of unbranched alkanes of at least 4 members (excludes halogenated alkanes) is 7. The van der Waals surface area contributed by atoms with E-state index in [1.54, 1.807) is 12.2 Å². The minimum atomic E-state index is -1.19. The SMILES string of the molecule is CCCCCCCCC/C=C/C=C/C=C/C=C/C=C/C=C/C(=O)[O-].[Na+]. The van der Waals surface area contributed by atoms with Gasteiger partial charge in [-0.25, -0.2) is 0 Å². The molecule has 0 radical (unpaired) electrons. The third-order valence-corrected chi connectivity index (χ3v) is 3.34. The molecule has 0 N–H and O–H groups in total. The molecule has 2 nitrogen and oxygen atoms in total. The number of hydrogen-bond donors (Lipinski definition) is 0. The summed E-state index contributed by atoms with van der Waals surface area (Å²) >= 11 is 0. The summed E-state index contributed by atoms with van der Waals surface area (Å²) in [5.41, 5.74) is 0. The number of rotatable bonds is 14. The van der Waals surface area contributed by atoms with Crippen molar-refractivity contribution in [1.82, 2.24) is 0 Å². The van der Waals surface area contributed by atoms with E-state index in [0.29, 0.717) is 0 Å². The fourth-order valence-corrected chi connectivity index (χ4v) is 2.04. The molecule has 0 amide bonds. The van der Waals surface area contributed by atoms with E-state index in [9.17, 15) is 9.90 Å². The van der Waals surface area contributed by atoms with Crippen LogP contribution in [0.2, 0.25) is 0 Å². The van der Waals surface area contributed by atoms with Crippen molar-refractivity contribution in [3.05, 3.63) is 72.9 Å². The van der Waals surface area contributed by atoms with Crippen LogP contribution >= 0.6 is 0 Å². The van der Waals surface area contributed by atoms with Crippen molar-refractivity contribution in [3.8, 4) is 0 Å². The van der Waals surface area contributed by atoms with E-state index in [0.717, 1.165) is 12.5 Å². The van der Waals surface area contributed by atoms with Gasteiger partial charge in [0.2, 0.25) is 0 Å². The van der Waals surface area contributed by atoms with Crippen molar-refractivity contribution in [1.29, 1.82) is 0 Å². The van der Waals surface area contributed by atoms with Crippen molar-refractivity contribution in [3.63, 3.8) is 0 Å². The average Bonchev–Trinajstić information content (AvgIpc) is 2.56. The molecule has 132 valence electrons. The summed E-state index contributed by atoms with van der Waals surface area (Å²) in [5.74, 6) is -1.19. The predicted molar refractivity (Wildman–Crippen MR) is 102 cm³/mol. The van der Waals surface area contributed by atoms with Gasteiger partial charge in [-0.1, -0.05) is 112 Å². The molecule has 0 aliphatic carbocycles. The van der Waals surface area contributed by atoms with E-state index < -0.39 is 5.97 Å². The Morgan fingerprint density at radius 1 is 0.680 bits per heavy atom. The predicted octanol–water partition coefficient (Wildman–Crippen LogP) is 2.22. The maximum atomic E-state index is 10.1. The molecule has 0 heterocycles. The van der Waals surface area contributed by atoms with E-state index in [1.807, 2.05) is 36.5 Å². The van der Waals surface area contributed by atoms with Crippen molar-refractivity contribution >= 4 is 5.97 Å². The maximum Gasteiger partial charge on any atom is 1.00 e. The van der Waals surface area contributed by atoms with E-state index in [2.05, 4.69) is 19.1 Å². The third kappa shape index (κ3) is 25.3. The molecular weight excluding hydrogens is 319 g/mol. The minimum absolute atomic E-state index is 0. The van der Waals surface area contributed by atoms with Gasteiger partial charge in [-0.3, -0.25) is 0 Å². The van der Waals surface area contributed by atoms with Crippen LogP contribution in [-0.4, -0.2) is 5.97 Å². The quantitative estimate of drug-likeness (QED) is 0.209. The zero-order valence-electron chi connectivity index (χ0n) is 15.9. The Kier molecular flexibility index (Phi) is 24.0. The summed E-state index contributed by atoms with van der Waals surface area (Å²) in [6.45, 7) is 2.25. The second-order valence-corrected chi connectivity index (χ2v) is 5.56. The number of carbonyl (C=O) groups is 1. The van der Waals surface area contributed by atoms with Gasteiger partial charge in [0.25, 0.3) is 0 Å². The van der Waals surface area contributed by atoms with Gasteiger partial charge in [0.15, 0.2) is 0 Å². The first-order chi connectivity index (χ1) is 11.8. The second kappa shape index (κ2) is 22.9.